The Morgan fingerprint density at radius 2 is 1.78 bits per heavy atom. The second-order valence-corrected chi connectivity index (χ2v) is 7.53. The highest BCUT2D eigenvalue weighted by molar-refractivity contribution is 7.89. The molecule has 7 heteroatoms. The van der Waals surface area contributed by atoms with Crippen LogP contribution >= 0.6 is 11.6 Å². The van der Waals surface area contributed by atoms with E-state index < -0.39 is 10.0 Å². The first-order valence-electron chi connectivity index (χ1n) is 7.11. The van der Waals surface area contributed by atoms with Crippen LogP contribution < -0.4 is 9.46 Å². The number of nitrogens with zero attached hydrogens (tertiary/aromatic N) is 1. The van der Waals surface area contributed by atoms with E-state index in [-0.39, 0.29) is 22.0 Å². The van der Waals surface area contributed by atoms with Gasteiger partial charge in [-0.2, -0.15) is 0 Å². The van der Waals surface area contributed by atoms with Crippen LogP contribution in [0.2, 0.25) is 5.15 Å². The minimum Gasteiger partial charge on any atom is -0.497 e. The maximum Gasteiger partial charge on any atom is 0.242 e. The molecule has 23 heavy (non-hydrogen) atoms. The molecule has 2 rings (SSSR count). The fourth-order valence-electron chi connectivity index (χ4n) is 2.16. The number of aromatic nitrogens is 1. The summed E-state index contributed by atoms with van der Waals surface area (Å²) in [6.07, 6.45) is 1.25. The predicted octanol–water partition coefficient (Wildman–Crippen LogP) is 3.42. The summed E-state index contributed by atoms with van der Waals surface area (Å²) in [5.74, 6) is 0.791. The van der Waals surface area contributed by atoms with Crippen LogP contribution in [-0.4, -0.2) is 20.5 Å². The van der Waals surface area contributed by atoms with Gasteiger partial charge in [0, 0.05) is 12.2 Å². The van der Waals surface area contributed by atoms with Gasteiger partial charge in [-0.25, -0.2) is 18.1 Å². The monoisotopic (exact) mass is 354 g/mol. The molecule has 0 saturated heterocycles. The van der Waals surface area contributed by atoms with Crippen molar-refractivity contribution in [3.8, 4) is 5.75 Å². The molecule has 5 nitrogen and oxygen atoms in total. The molecular formula is C16H19ClN2O3S. The van der Waals surface area contributed by atoms with E-state index in [1.807, 2.05) is 38.1 Å². The quantitative estimate of drug-likeness (QED) is 0.807. The van der Waals surface area contributed by atoms with Crippen LogP contribution in [0.25, 0.3) is 0 Å². The Bertz CT molecular complexity index is 744. The molecule has 0 fully saturated rings. The van der Waals surface area contributed by atoms with Crippen molar-refractivity contribution in [1.82, 2.24) is 9.71 Å². The standard InChI is InChI=1S/C16H19ClN2O3S/c1-11(2)16(12-4-6-13(22-3)7-5-12)19-23(20,21)14-8-9-15(17)18-10-14/h4-11,16,19H,1-3H3/t16-/m0/s1. The zero-order valence-corrected chi connectivity index (χ0v) is 14.7. The van der Waals surface area contributed by atoms with Crippen LogP contribution in [0, 0.1) is 5.92 Å². The summed E-state index contributed by atoms with van der Waals surface area (Å²) in [5.41, 5.74) is 0.867. The zero-order chi connectivity index (χ0) is 17.0. The first-order valence-corrected chi connectivity index (χ1v) is 8.97. The Morgan fingerprint density at radius 3 is 2.26 bits per heavy atom. The number of halogens is 1. The van der Waals surface area contributed by atoms with E-state index in [4.69, 9.17) is 16.3 Å². The molecule has 0 bridgehead atoms. The van der Waals surface area contributed by atoms with Crippen molar-refractivity contribution >= 4 is 21.6 Å². The van der Waals surface area contributed by atoms with Gasteiger partial charge < -0.3 is 4.74 Å². The lowest BCUT2D eigenvalue weighted by Crippen LogP contribution is -2.31. The lowest BCUT2D eigenvalue weighted by Gasteiger charge is -2.23. The molecule has 1 N–H and O–H groups in total. The molecule has 0 aliphatic carbocycles. The summed E-state index contributed by atoms with van der Waals surface area (Å²) < 4.78 is 32.9. The van der Waals surface area contributed by atoms with E-state index >= 15 is 0 Å². The number of pyridine rings is 1. The van der Waals surface area contributed by atoms with E-state index in [2.05, 4.69) is 9.71 Å². The van der Waals surface area contributed by atoms with Gasteiger partial charge in [0.1, 0.15) is 15.8 Å². The Morgan fingerprint density at radius 1 is 1.13 bits per heavy atom. The van der Waals surface area contributed by atoms with Gasteiger partial charge in [-0.15, -0.1) is 0 Å². The van der Waals surface area contributed by atoms with Gasteiger partial charge in [0.15, 0.2) is 0 Å². The normalized spacial score (nSPS) is 13.1. The van der Waals surface area contributed by atoms with Crippen molar-refractivity contribution in [3.63, 3.8) is 0 Å². The largest absolute Gasteiger partial charge is 0.497 e. The molecule has 1 aromatic carbocycles. The number of rotatable bonds is 6. The fraction of sp³-hybridized carbons (Fsp3) is 0.312. The SMILES string of the molecule is COc1ccc([C@@H](NS(=O)(=O)c2ccc(Cl)nc2)C(C)C)cc1. The Balaban J connectivity index is 2.29. The van der Waals surface area contributed by atoms with Crippen LogP contribution in [-0.2, 0) is 10.0 Å². The summed E-state index contributed by atoms with van der Waals surface area (Å²) in [4.78, 5) is 3.91. The summed E-state index contributed by atoms with van der Waals surface area (Å²) in [6.45, 7) is 3.91. The van der Waals surface area contributed by atoms with Gasteiger partial charge in [0.05, 0.1) is 7.11 Å². The van der Waals surface area contributed by atoms with Crippen LogP contribution in [0.4, 0.5) is 0 Å². The van der Waals surface area contributed by atoms with Crippen molar-refractivity contribution < 1.29 is 13.2 Å². The minimum absolute atomic E-state index is 0.0680. The number of ether oxygens (including phenoxy) is 1. The van der Waals surface area contributed by atoms with E-state index in [1.165, 1.54) is 18.3 Å². The molecule has 2 aromatic rings. The minimum atomic E-state index is -3.69. The summed E-state index contributed by atoms with van der Waals surface area (Å²) >= 11 is 5.70. The molecule has 0 unspecified atom stereocenters. The van der Waals surface area contributed by atoms with Crippen LogP contribution in [0.5, 0.6) is 5.75 Å². The molecule has 1 aromatic heterocycles. The van der Waals surface area contributed by atoms with Crippen LogP contribution in [0.15, 0.2) is 47.5 Å². The number of nitrogens with one attached hydrogen (secondary N) is 1. The average Bonchev–Trinajstić information content (AvgIpc) is 2.53. The maximum atomic E-state index is 12.5. The van der Waals surface area contributed by atoms with Crippen molar-refractivity contribution in [1.29, 1.82) is 0 Å². The van der Waals surface area contributed by atoms with Crippen molar-refractivity contribution in [2.75, 3.05) is 7.11 Å². The predicted molar refractivity (Wildman–Crippen MR) is 90.1 cm³/mol. The first kappa shape index (κ1) is 17.7. The van der Waals surface area contributed by atoms with Crippen LogP contribution in [0.3, 0.4) is 0 Å². The summed E-state index contributed by atoms with van der Waals surface area (Å²) in [6, 6.07) is 9.85. The van der Waals surface area contributed by atoms with Gasteiger partial charge in [0.25, 0.3) is 0 Å². The van der Waals surface area contributed by atoms with Crippen molar-refractivity contribution in [2.24, 2.45) is 5.92 Å². The molecule has 0 saturated carbocycles. The highest BCUT2D eigenvalue weighted by Gasteiger charge is 2.24. The number of sulfonamides is 1. The van der Waals surface area contributed by atoms with Gasteiger partial charge in [-0.3, -0.25) is 0 Å². The second-order valence-electron chi connectivity index (χ2n) is 5.43. The maximum absolute atomic E-state index is 12.5. The molecule has 0 spiro atoms. The average molecular weight is 355 g/mol. The summed E-state index contributed by atoms with van der Waals surface area (Å²) in [5, 5.41) is 0.250. The zero-order valence-electron chi connectivity index (χ0n) is 13.2. The molecule has 0 aliphatic rings. The molecular weight excluding hydrogens is 336 g/mol. The Kier molecular flexibility index (Phi) is 5.62. The van der Waals surface area contributed by atoms with Crippen molar-refractivity contribution in [2.45, 2.75) is 24.8 Å². The lowest BCUT2D eigenvalue weighted by atomic mass is 9.97. The second kappa shape index (κ2) is 7.29. The van der Waals surface area contributed by atoms with E-state index in [9.17, 15) is 8.42 Å². The topological polar surface area (TPSA) is 68.3 Å². The molecule has 0 radical (unpaired) electrons. The van der Waals surface area contributed by atoms with Gasteiger partial charge in [-0.05, 0) is 35.7 Å². The number of benzene rings is 1. The number of methoxy groups -OCH3 is 1. The third kappa shape index (κ3) is 4.43. The third-order valence-corrected chi connectivity index (χ3v) is 5.08. The smallest absolute Gasteiger partial charge is 0.242 e. The van der Waals surface area contributed by atoms with Crippen LogP contribution in [0.1, 0.15) is 25.5 Å². The van der Waals surface area contributed by atoms with Gasteiger partial charge >= 0.3 is 0 Å². The number of hydrogen-bond acceptors (Lipinski definition) is 4. The molecule has 0 amide bonds. The van der Waals surface area contributed by atoms with Gasteiger partial charge in [-0.1, -0.05) is 37.6 Å². The molecule has 0 aliphatic heterocycles. The lowest BCUT2D eigenvalue weighted by molar-refractivity contribution is 0.413. The summed E-state index contributed by atoms with van der Waals surface area (Å²) in [7, 11) is -2.10. The fourth-order valence-corrected chi connectivity index (χ4v) is 3.59. The molecule has 1 atom stereocenters. The van der Waals surface area contributed by atoms with Crippen molar-refractivity contribution in [3.05, 3.63) is 53.3 Å². The Hall–Kier alpha value is -1.63. The van der Waals surface area contributed by atoms with Gasteiger partial charge in [0.2, 0.25) is 10.0 Å². The van der Waals surface area contributed by atoms with E-state index in [0.29, 0.717) is 0 Å². The first-order chi connectivity index (χ1) is 10.8. The highest BCUT2D eigenvalue weighted by Crippen LogP contribution is 2.26. The Labute approximate surface area is 141 Å². The highest BCUT2D eigenvalue weighted by atomic mass is 35.5. The third-order valence-electron chi connectivity index (χ3n) is 3.43. The number of hydrogen-bond donors (Lipinski definition) is 1. The van der Waals surface area contributed by atoms with E-state index in [1.54, 1.807) is 7.11 Å². The molecule has 1 heterocycles. The molecule has 124 valence electrons. The van der Waals surface area contributed by atoms with E-state index in [0.717, 1.165) is 11.3 Å².